The molecule has 0 amide bonds. The van der Waals surface area contributed by atoms with Gasteiger partial charge in [-0.25, -0.2) is 0 Å². The zero-order valence-corrected chi connectivity index (χ0v) is 11.0. The van der Waals surface area contributed by atoms with Crippen molar-refractivity contribution in [2.45, 2.75) is 51.4 Å². The second-order valence-corrected chi connectivity index (χ2v) is 6.01. The third kappa shape index (κ3) is 2.50. The number of hydrogen-bond acceptors (Lipinski definition) is 3. The minimum Gasteiger partial charge on any atom is -0.388 e. The third-order valence-electron chi connectivity index (χ3n) is 3.55. The van der Waals surface area contributed by atoms with Gasteiger partial charge in [0, 0.05) is 18.3 Å². The highest BCUT2D eigenvalue weighted by Gasteiger charge is 2.49. The topological polar surface area (TPSA) is 42.4 Å². The van der Waals surface area contributed by atoms with Crippen LogP contribution in [-0.4, -0.2) is 21.3 Å². The van der Waals surface area contributed by atoms with Gasteiger partial charge in [0.15, 0.2) is 0 Å². The standard InChI is InChI=1S/C14H21NO2/c1-13(2)8-11(14(3,4)17-13)12(16)10-6-5-7-15-9-10/h5-7,9,11-12,16H,8H2,1-4H3. The van der Waals surface area contributed by atoms with Crippen molar-refractivity contribution in [3.63, 3.8) is 0 Å². The molecule has 2 rings (SSSR count). The van der Waals surface area contributed by atoms with E-state index in [2.05, 4.69) is 18.8 Å². The molecule has 3 heteroatoms. The van der Waals surface area contributed by atoms with Crippen LogP contribution in [0, 0.1) is 5.92 Å². The summed E-state index contributed by atoms with van der Waals surface area (Å²) in [7, 11) is 0. The van der Waals surface area contributed by atoms with Crippen molar-refractivity contribution in [3.05, 3.63) is 30.1 Å². The fraction of sp³-hybridized carbons (Fsp3) is 0.643. The highest BCUT2D eigenvalue weighted by Crippen LogP contribution is 2.47. The lowest BCUT2D eigenvalue weighted by Gasteiger charge is -2.30. The number of pyridine rings is 1. The van der Waals surface area contributed by atoms with Gasteiger partial charge in [0.2, 0.25) is 0 Å². The van der Waals surface area contributed by atoms with E-state index in [1.807, 2.05) is 26.0 Å². The first-order valence-corrected chi connectivity index (χ1v) is 6.10. The van der Waals surface area contributed by atoms with E-state index in [0.717, 1.165) is 12.0 Å². The van der Waals surface area contributed by atoms with Crippen LogP contribution in [0.1, 0.15) is 45.8 Å². The summed E-state index contributed by atoms with van der Waals surface area (Å²) >= 11 is 0. The van der Waals surface area contributed by atoms with Gasteiger partial charge < -0.3 is 9.84 Å². The number of hydrogen-bond donors (Lipinski definition) is 1. The first-order chi connectivity index (χ1) is 7.82. The molecule has 1 saturated heterocycles. The van der Waals surface area contributed by atoms with Crippen LogP contribution in [0.3, 0.4) is 0 Å². The molecule has 1 aromatic rings. The molecule has 1 aliphatic rings. The summed E-state index contributed by atoms with van der Waals surface area (Å²) < 4.78 is 6.01. The summed E-state index contributed by atoms with van der Waals surface area (Å²) in [6, 6.07) is 3.77. The molecule has 0 spiro atoms. The van der Waals surface area contributed by atoms with E-state index in [1.165, 1.54) is 0 Å². The van der Waals surface area contributed by atoms with Crippen LogP contribution in [-0.2, 0) is 4.74 Å². The minimum absolute atomic E-state index is 0.0988. The molecule has 0 bridgehead atoms. The van der Waals surface area contributed by atoms with Crippen LogP contribution in [0.15, 0.2) is 24.5 Å². The molecule has 2 unspecified atom stereocenters. The Hall–Kier alpha value is -0.930. The lowest BCUT2D eigenvalue weighted by Crippen LogP contribution is -2.32. The SMILES string of the molecule is CC1(C)CC(C(O)c2cccnc2)C(C)(C)O1. The van der Waals surface area contributed by atoms with Gasteiger partial charge in [-0.05, 0) is 45.7 Å². The lowest BCUT2D eigenvalue weighted by atomic mass is 9.81. The van der Waals surface area contributed by atoms with E-state index >= 15 is 0 Å². The minimum atomic E-state index is -0.513. The first-order valence-electron chi connectivity index (χ1n) is 6.10. The number of ether oxygens (including phenoxy) is 1. The molecular formula is C14H21NO2. The Kier molecular flexibility index (Phi) is 3.00. The Morgan fingerprint density at radius 3 is 2.59 bits per heavy atom. The highest BCUT2D eigenvalue weighted by atomic mass is 16.5. The van der Waals surface area contributed by atoms with Crippen LogP contribution in [0.25, 0.3) is 0 Å². The predicted molar refractivity (Wildman–Crippen MR) is 66.5 cm³/mol. The van der Waals surface area contributed by atoms with E-state index in [9.17, 15) is 5.11 Å². The average molecular weight is 235 g/mol. The molecule has 1 aromatic heterocycles. The Morgan fingerprint density at radius 1 is 1.41 bits per heavy atom. The molecule has 94 valence electrons. The van der Waals surface area contributed by atoms with Crippen molar-refractivity contribution in [1.82, 2.24) is 4.98 Å². The quantitative estimate of drug-likeness (QED) is 0.857. The predicted octanol–water partition coefficient (Wildman–Crippen LogP) is 2.71. The largest absolute Gasteiger partial charge is 0.388 e. The van der Waals surface area contributed by atoms with Gasteiger partial charge in [0.05, 0.1) is 17.3 Å². The molecular weight excluding hydrogens is 214 g/mol. The molecule has 2 heterocycles. The summed E-state index contributed by atoms with van der Waals surface area (Å²) in [4.78, 5) is 4.06. The maximum absolute atomic E-state index is 10.5. The van der Waals surface area contributed by atoms with E-state index in [0.29, 0.717) is 0 Å². The fourth-order valence-corrected chi connectivity index (χ4v) is 2.88. The molecule has 1 N–H and O–H groups in total. The van der Waals surface area contributed by atoms with Crippen molar-refractivity contribution in [1.29, 1.82) is 0 Å². The van der Waals surface area contributed by atoms with Crippen molar-refractivity contribution in [2.24, 2.45) is 5.92 Å². The van der Waals surface area contributed by atoms with Crippen LogP contribution >= 0.6 is 0 Å². The Balaban J connectivity index is 2.23. The molecule has 17 heavy (non-hydrogen) atoms. The second kappa shape index (κ2) is 4.07. The first kappa shape index (κ1) is 12.5. The number of aliphatic hydroxyl groups excluding tert-OH is 1. The number of nitrogens with zero attached hydrogens (tertiary/aromatic N) is 1. The lowest BCUT2D eigenvalue weighted by molar-refractivity contribution is -0.0880. The maximum atomic E-state index is 10.5. The average Bonchev–Trinajstić information content (AvgIpc) is 2.47. The normalized spacial score (nSPS) is 27.9. The van der Waals surface area contributed by atoms with Gasteiger partial charge in [-0.15, -0.1) is 0 Å². The molecule has 0 aliphatic carbocycles. The summed E-state index contributed by atoms with van der Waals surface area (Å²) in [6.45, 7) is 8.24. The highest BCUT2D eigenvalue weighted by molar-refractivity contribution is 5.15. The van der Waals surface area contributed by atoms with E-state index in [4.69, 9.17) is 4.74 Å². The van der Waals surface area contributed by atoms with Crippen molar-refractivity contribution < 1.29 is 9.84 Å². The van der Waals surface area contributed by atoms with E-state index in [1.54, 1.807) is 12.4 Å². The molecule has 2 atom stereocenters. The monoisotopic (exact) mass is 235 g/mol. The van der Waals surface area contributed by atoms with Gasteiger partial charge in [-0.1, -0.05) is 6.07 Å². The second-order valence-electron chi connectivity index (χ2n) is 6.01. The molecule has 1 fully saturated rings. The van der Waals surface area contributed by atoms with Gasteiger partial charge in [-0.3, -0.25) is 4.98 Å². The van der Waals surface area contributed by atoms with E-state index in [-0.39, 0.29) is 17.1 Å². The van der Waals surface area contributed by atoms with Crippen molar-refractivity contribution in [3.8, 4) is 0 Å². The van der Waals surface area contributed by atoms with Gasteiger partial charge in [0.25, 0.3) is 0 Å². The van der Waals surface area contributed by atoms with Crippen LogP contribution < -0.4 is 0 Å². The molecule has 0 radical (unpaired) electrons. The zero-order chi connectivity index (χ0) is 12.7. The van der Waals surface area contributed by atoms with Crippen molar-refractivity contribution >= 4 is 0 Å². The molecule has 3 nitrogen and oxygen atoms in total. The smallest absolute Gasteiger partial charge is 0.0861 e. The molecule has 1 aliphatic heterocycles. The summed E-state index contributed by atoms with van der Waals surface area (Å²) in [5.74, 6) is 0.0988. The fourth-order valence-electron chi connectivity index (χ4n) is 2.88. The van der Waals surface area contributed by atoms with E-state index < -0.39 is 6.10 Å². The van der Waals surface area contributed by atoms with Crippen LogP contribution in [0.5, 0.6) is 0 Å². The number of rotatable bonds is 2. The zero-order valence-electron chi connectivity index (χ0n) is 11.0. The Morgan fingerprint density at radius 2 is 2.12 bits per heavy atom. The Labute approximate surface area is 103 Å². The van der Waals surface area contributed by atoms with Gasteiger partial charge in [0.1, 0.15) is 0 Å². The summed E-state index contributed by atoms with van der Waals surface area (Å²) in [5, 5.41) is 10.5. The van der Waals surface area contributed by atoms with Crippen molar-refractivity contribution in [2.75, 3.05) is 0 Å². The maximum Gasteiger partial charge on any atom is 0.0861 e. The number of aliphatic hydroxyl groups is 1. The van der Waals surface area contributed by atoms with Gasteiger partial charge >= 0.3 is 0 Å². The molecule has 0 aromatic carbocycles. The Bertz CT molecular complexity index is 386. The summed E-state index contributed by atoms with van der Waals surface area (Å²) in [5.41, 5.74) is 0.391. The number of aromatic nitrogens is 1. The van der Waals surface area contributed by atoms with Crippen LogP contribution in [0.4, 0.5) is 0 Å². The molecule has 0 saturated carbocycles. The third-order valence-corrected chi connectivity index (χ3v) is 3.55. The van der Waals surface area contributed by atoms with Gasteiger partial charge in [-0.2, -0.15) is 0 Å². The van der Waals surface area contributed by atoms with Crippen LogP contribution in [0.2, 0.25) is 0 Å². The summed E-state index contributed by atoms with van der Waals surface area (Å²) in [6.07, 6.45) is 3.79.